The van der Waals surface area contributed by atoms with E-state index in [4.69, 9.17) is 9.47 Å². The third-order valence-corrected chi connectivity index (χ3v) is 4.82. The smallest absolute Gasteiger partial charge is 0.344 e. The van der Waals surface area contributed by atoms with Crippen molar-refractivity contribution in [1.82, 2.24) is 15.0 Å². The van der Waals surface area contributed by atoms with E-state index in [0.717, 1.165) is 24.4 Å². The number of hydrogen-bond acceptors (Lipinski definition) is 7. The number of nitrogens with zero attached hydrogens (tertiary/aromatic N) is 3. The number of pyridine rings is 3. The third-order valence-electron chi connectivity index (χ3n) is 4.82. The van der Waals surface area contributed by atoms with Gasteiger partial charge in [-0.05, 0) is 31.2 Å². The van der Waals surface area contributed by atoms with Crippen molar-refractivity contribution < 1.29 is 31.8 Å². The van der Waals surface area contributed by atoms with Crippen LogP contribution >= 0.6 is 0 Å². The van der Waals surface area contributed by atoms with Gasteiger partial charge in [0.15, 0.2) is 5.79 Å². The van der Waals surface area contributed by atoms with Crippen LogP contribution < -0.4 is 10.6 Å². The summed E-state index contributed by atoms with van der Waals surface area (Å²) in [5, 5.41) is 5.39. The molecule has 0 saturated carbocycles. The second-order valence-corrected chi connectivity index (χ2v) is 7.13. The van der Waals surface area contributed by atoms with Gasteiger partial charge >= 0.3 is 6.18 Å². The Hall–Kier alpha value is -3.64. The molecule has 0 spiro atoms. The van der Waals surface area contributed by atoms with Crippen molar-refractivity contribution in [1.29, 1.82) is 0 Å². The van der Waals surface area contributed by atoms with E-state index >= 15 is 0 Å². The minimum atomic E-state index is -4.50. The molecule has 1 aliphatic rings. The Morgan fingerprint density at radius 2 is 1.79 bits per heavy atom. The van der Waals surface area contributed by atoms with Gasteiger partial charge in [0.1, 0.15) is 11.6 Å². The van der Waals surface area contributed by atoms with Gasteiger partial charge in [0, 0.05) is 29.6 Å². The molecule has 4 rings (SSSR count). The van der Waals surface area contributed by atoms with E-state index in [2.05, 4.69) is 25.6 Å². The lowest BCUT2D eigenvalue weighted by molar-refractivity contribution is -0.149. The Morgan fingerprint density at radius 1 is 1.03 bits per heavy atom. The summed E-state index contributed by atoms with van der Waals surface area (Å²) in [4.78, 5) is 24.2. The monoisotopic (exact) mass is 463 g/mol. The first-order valence-electron chi connectivity index (χ1n) is 9.66. The zero-order valence-corrected chi connectivity index (χ0v) is 17.1. The molecular formula is C21H17F4N5O3. The molecule has 4 heterocycles. The summed E-state index contributed by atoms with van der Waals surface area (Å²) in [6, 6.07) is 5.96. The molecule has 172 valence electrons. The first kappa shape index (κ1) is 22.6. The first-order valence-corrected chi connectivity index (χ1v) is 9.66. The molecule has 0 atom stereocenters. The second kappa shape index (κ2) is 8.71. The number of hydrogen-bond donors (Lipinski definition) is 2. The number of carbonyl (C=O) groups excluding carboxylic acids is 1. The van der Waals surface area contributed by atoms with Crippen molar-refractivity contribution in [2.24, 2.45) is 0 Å². The average Bonchev–Trinajstić information content (AvgIpc) is 3.22. The van der Waals surface area contributed by atoms with Crippen LogP contribution in [0.2, 0.25) is 0 Å². The largest absolute Gasteiger partial charge is 0.417 e. The van der Waals surface area contributed by atoms with Gasteiger partial charge in [-0.15, -0.1) is 0 Å². The van der Waals surface area contributed by atoms with Crippen LogP contribution in [0.3, 0.4) is 0 Å². The highest BCUT2D eigenvalue weighted by atomic mass is 19.4. The van der Waals surface area contributed by atoms with Gasteiger partial charge in [-0.1, -0.05) is 0 Å². The van der Waals surface area contributed by atoms with Gasteiger partial charge in [0.25, 0.3) is 5.91 Å². The van der Waals surface area contributed by atoms with E-state index < -0.39 is 29.4 Å². The lowest BCUT2D eigenvalue weighted by Gasteiger charge is -2.25. The maximum Gasteiger partial charge on any atom is 0.417 e. The van der Waals surface area contributed by atoms with E-state index in [-0.39, 0.29) is 28.5 Å². The predicted molar refractivity (Wildman–Crippen MR) is 108 cm³/mol. The van der Waals surface area contributed by atoms with E-state index in [1.54, 1.807) is 6.92 Å². The molecule has 0 unspecified atom stereocenters. The van der Waals surface area contributed by atoms with Crippen LogP contribution in [0, 0.1) is 5.95 Å². The van der Waals surface area contributed by atoms with E-state index in [0.29, 0.717) is 19.4 Å². The maximum atomic E-state index is 13.8. The van der Waals surface area contributed by atoms with Gasteiger partial charge in [0.2, 0.25) is 5.95 Å². The fourth-order valence-corrected chi connectivity index (χ4v) is 3.18. The van der Waals surface area contributed by atoms with Crippen LogP contribution in [0.1, 0.15) is 28.4 Å². The molecule has 1 fully saturated rings. The van der Waals surface area contributed by atoms with Crippen LogP contribution in [0.5, 0.6) is 0 Å². The van der Waals surface area contributed by atoms with E-state index in [1.807, 2.05) is 0 Å². The van der Waals surface area contributed by atoms with Crippen LogP contribution in [-0.4, -0.2) is 34.1 Å². The van der Waals surface area contributed by atoms with E-state index in [9.17, 15) is 22.4 Å². The summed E-state index contributed by atoms with van der Waals surface area (Å²) in [5.41, 5.74) is -0.251. The molecule has 0 bridgehead atoms. The first-order chi connectivity index (χ1) is 15.6. The zero-order valence-electron chi connectivity index (χ0n) is 17.1. The minimum absolute atomic E-state index is 0.113. The third kappa shape index (κ3) is 5.07. The van der Waals surface area contributed by atoms with Crippen LogP contribution in [0.4, 0.5) is 34.9 Å². The normalized spacial score (nSPS) is 15.3. The Balaban J connectivity index is 1.52. The Bertz CT molecular complexity index is 1170. The summed E-state index contributed by atoms with van der Waals surface area (Å²) in [6.45, 7) is 2.23. The highest BCUT2D eigenvalue weighted by Gasteiger charge is 2.36. The molecule has 33 heavy (non-hydrogen) atoms. The van der Waals surface area contributed by atoms with Crippen LogP contribution in [0.25, 0.3) is 0 Å². The molecule has 0 aromatic carbocycles. The fraction of sp³-hybridized carbons (Fsp3) is 0.238. The Kier molecular flexibility index (Phi) is 5.95. The lowest BCUT2D eigenvalue weighted by atomic mass is 10.1. The van der Waals surface area contributed by atoms with Crippen molar-refractivity contribution in [3.05, 3.63) is 71.6 Å². The minimum Gasteiger partial charge on any atom is -0.344 e. The number of nitrogens with one attached hydrogen (secondary N) is 2. The molecule has 2 N–H and O–H groups in total. The summed E-state index contributed by atoms with van der Waals surface area (Å²) < 4.78 is 62.9. The maximum absolute atomic E-state index is 13.8. The Labute approximate surface area is 185 Å². The predicted octanol–water partition coefficient (Wildman–Crippen LogP) is 4.24. The quantitative estimate of drug-likeness (QED) is 0.431. The summed E-state index contributed by atoms with van der Waals surface area (Å²) in [7, 11) is 0. The highest BCUT2D eigenvalue weighted by molar-refractivity contribution is 6.05. The molecule has 1 aliphatic heterocycles. The number of rotatable bonds is 5. The number of halogens is 4. The fourth-order valence-electron chi connectivity index (χ4n) is 3.18. The molecule has 3 aromatic heterocycles. The van der Waals surface area contributed by atoms with Crippen molar-refractivity contribution in [3.63, 3.8) is 0 Å². The number of ether oxygens (including phenoxy) is 2. The molecule has 0 aliphatic carbocycles. The molecule has 1 amide bonds. The second-order valence-electron chi connectivity index (χ2n) is 7.13. The molecule has 12 heteroatoms. The topological polar surface area (TPSA) is 98.3 Å². The van der Waals surface area contributed by atoms with Gasteiger partial charge < -0.3 is 20.1 Å². The molecule has 0 radical (unpaired) electrons. The number of carbonyl (C=O) groups is 1. The van der Waals surface area contributed by atoms with Gasteiger partial charge in [-0.25, -0.2) is 15.0 Å². The summed E-state index contributed by atoms with van der Waals surface area (Å²) >= 11 is 0. The zero-order chi connectivity index (χ0) is 23.6. The summed E-state index contributed by atoms with van der Waals surface area (Å²) in [5.74, 6) is -2.27. The van der Waals surface area contributed by atoms with E-state index in [1.165, 1.54) is 18.3 Å². The van der Waals surface area contributed by atoms with Gasteiger partial charge in [-0.2, -0.15) is 17.6 Å². The van der Waals surface area contributed by atoms with Gasteiger partial charge in [-0.3, -0.25) is 4.79 Å². The lowest BCUT2D eigenvalue weighted by Crippen LogP contribution is -2.26. The van der Waals surface area contributed by atoms with Gasteiger partial charge in [0.05, 0.1) is 30.7 Å². The number of anilines is 3. The number of aromatic nitrogens is 3. The molecular weight excluding hydrogens is 446 g/mol. The van der Waals surface area contributed by atoms with Crippen molar-refractivity contribution in [2.45, 2.75) is 18.9 Å². The standard InChI is InChI=1S/C21H17F4N5O3/c1-20(32-6-7-33-20)14-9-16(22)27-11-15(14)29-19(31)12-4-5-26-18(8-12)30-17-3-2-13(10-28-17)21(23,24)25/h2-5,8-11H,6-7H2,1H3,(H,29,31)(H,26,28,30). The van der Waals surface area contributed by atoms with Crippen molar-refractivity contribution >= 4 is 23.2 Å². The van der Waals surface area contributed by atoms with Crippen LogP contribution in [-0.2, 0) is 21.4 Å². The number of amides is 1. The van der Waals surface area contributed by atoms with Crippen LogP contribution in [0.15, 0.2) is 48.9 Å². The average molecular weight is 463 g/mol. The highest BCUT2D eigenvalue weighted by Crippen LogP contribution is 2.36. The van der Waals surface area contributed by atoms with Crippen molar-refractivity contribution in [3.8, 4) is 0 Å². The Morgan fingerprint density at radius 3 is 2.45 bits per heavy atom. The van der Waals surface area contributed by atoms with Crippen molar-refractivity contribution in [2.75, 3.05) is 23.8 Å². The molecule has 8 nitrogen and oxygen atoms in total. The molecule has 3 aromatic rings. The number of alkyl halides is 3. The SMILES string of the molecule is CC1(c2cc(F)ncc2NC(=O)c2ccnc(Nc3ccc(C(F)(F)F)cn3)c2)OCCO1. The molecule has 1 saturated heterocycles. The summed E-state index contributed by atoms with van der Waals surface area (Å²) in [6.07, 6.45) is -1.31.